The molecular weight excluding hydrogens is 248 g/mol. The van der Waals surface area contributed by atoms with Gasteiger partial charge in [0.25, 0.3) is 5.89 Å². The SMILES string of the molecule is CC(c1noc(-c2nc(N)n[nH]2)n1)S(C)(=O)=O. The van der Waals surface area contributed by atoms with Gasteiger partial charge >= 0.3 is 0 Å². The van der Waals surface area contributed by atoms with Crippen LogP contribution >= 0.6 is 0 Å². The summed E-state index contributed by atoms with van der Waals surface area (Å²) in [6.07, 6.45) is 1.10. The third-order valence-corrected chi connectivity index (χ3v) is 3.65. The maximum absolute atomic E-state index is 11.3. The van der Waals surface area contributed by atoms with Crippen molar-refractivity contribution in [3.05, 3.63) is 5.82 Å². The highest BCUT2D eigenvalue weighted by molar-refractivity contribution is 7.90. The van der Waals surface area contributed by atoms with Crippen LogP contribution in [0.2, 0.25) is 0 Å². The van der Waals surface area contributed by atoms with Crippen LogP contribution in [-0.4, -0.2) is 40.0 Å². The Balaban J connectivity index is 2.34. The number of rotatable bonds is 3. The van der Waals surface area contributed by atoms with Gasteiger partial charge in [-0.3, -0.25) is 5.10 Å². The molecule has 0 aliphatic carbocycles. The number of aromatic nitrogens is 5. The number of nitrogens with two attached hydrogens (primary N) is 1. The summed E-state index contributed by atoms with van der Waals surface area (Å²) in [4.78, 5) is 7.70. The lowest BCUT2D eigenvalue weighted by Crippen LogP contribution is -2.09. The van der Waals surface area contributed by atoms with Crippen molar-refractivity contribution in [2.24, 2.45) is 0 Å². The molecule has 10 heteroatoms. The van der Waals surface area contributed by atoms with Gasteiger partial charge in [0.1, 0.15) is 5.25 Å². The summed E-state index contributed by atoms with van der Waals surface area (Å²) in [7, 11) is -3.28. The number of nitrogens with zero attached hydrogens (tertiary/aromatic N) is 4. The lowest BCUT2D eigenvalue weighted by atomic mass is 10.4. The Labute approximate surface area is 96.4 Å². The van der Waals surface area contributed by atoms with E-state index < -0.39 is 15.1 Å². The van der Waals surface area contributed by atoms with Crippen molar-refractivity contribution >= 4 is 15.8 Å². The summed E-state index contributed by atoms with van der Waals surface area (Å²) in [6, 6.07) is 0. The van der Waals surface area contributed by atoms with Crippen molar-refractivity contribution in [1.29, 1.82) is 0 Å². The number of hydrogen-bond donors (Lipinski definition) is 2. The Bertz CT molecular complexity index is 630. The average Bonchev–Trinajstić information content (AvgIpc) is 2.83. The van der Waals surface area contributed by atoms with Gasteiger partial charge in [0, 0.05) is 6.26 Å². The largest absolute Gasteiger partial charge is 0.366 e. The van der Waals surface area contributed by atoms with Crippen molar-refractivity contribution in [2.75, 3.05) is 12.0 Å². The third kappa shape index (κ3) is 2.25. The van der Waals surface area contributed by atoms with Crippen LogP contribution in [0.15, 0.2) is 4.52 Å². The van der Waals surface area contributed by atoms with E-state index >= 15 is 0 Å². The maximum atomic E-state index is 11.3. The fraction of sp³-hybridized carbons (Fsp3) is 0.429. The van der Waals surface area contributed by atoms with Crippen LogP contribution in [0, 0.1) is 0 Å². The van der Waals surface area contributed by atoms with Gasteiger partial charge in [-0.1, -0.05) is 5.16 Å². The number of sulfone groups is 1. The van der Waals surface area contributed by atoms with Crippen LogP contribution in [-0.2, 0) is 9.84 Å². The van der Waals surface area contributed by atoms with Gasteiger partial charge in [-0.2, -0.15) is 9.97 Å². The van der Waals surface area contributed by atoms with Gasteiger partial charge in [0.15, 0.2) is 15.7 Å². The van der Waals surface area contributed by atoms with Crippen LogP contribution < -0.4 is 5.73 Å². The molecule has 1 atom stereocenters. The molecule has 2 aromatic heterocycles. The zero-order valence-corrected chi connectivity index (χ0v) is 9.89. The molecule has 3 N–H and O–H groups in total. The summed E-state index contributed by atoms with van der Waals surface area (Å²) in [6.45, 7) is 1.47. The lowest BCUT2D eigenvalue weighted by molar-refractivity contribution is 0.419. The summed E-state index contributed by atoms with van der Waals surface area (Å²) in [5.74, 6) is 0.343. The second kappa shape index (κ2) is 3.80. The van der Waals surface area contributed by atoms with Gasteiger partial charge in [-0.25, -0.2) is 8.42 Å². The van der Waals surface area contributed by atoms with E-state index in [0.717, 1.165) is 6.26 Å². The minimum Gasteiger partial charge on any atom is -0.366 e. The Morgan fingerprint density at radius 3 is 2.65 bits per heavy atom. The molecule has 2 aromatic rings. The van der Waals surface area contributed by atoms with Crippen LogP contribution in [0.3, 0.4) is 0 Å². The summed E-state index contributed by atoms with van der Waals surface area (Å²) in [5.41, 5.74) is 5.31. The molecule has 92 valence electrons. The quantitative estimate of drug-likeness (QED) is 0.753. The highest BCUT2D eigenvalue weighted by Crippen LogP contribution is 2.20. The Hall–Kier alpha value is -1.97. The second-order valence-corrected chi connectivity index (χ2v) is 5.84. The van der Waals surface area contributed by atoms with E-state index in [1.807, 2.05) is 0 Å². The summed E-state index contributed by atoms with van der Waals surface area (Å²) < 4.78 is 27.5. The first-order valence-corrected chi connectivity index (χ1v) is 6.54. The fourth-order valence-corrected chi connectivity index (χ4v) is 1.54. The van der Waals surface area contributed by atoms with Gasteiger partial charge in [0.05, 0.1) is 0 Å². The van der Waals surface area contributed by atoms with Crippen molar-refractivity contribution in [3.8, 4) is 11.7 Å². The predicted molar refractivity (Wildman–Crippen MR) is 57.3 cm³/mol. The number of H-pyrrole nitrogens is 1. The van der Waals surface area contributed by atoms with E-state index in [1.54, 1.807) is 0 Å². The molecule has 0 aliphatic heterocycles. The number of nitrogens with one attached hydrogen (secondary N) is 1. The predicted octanol–water partition coefficient (Wildman–Crippen LogP) is -0.457. The van der Waals surface area contributed by atoms with E-state index in [0.29, 0.717) is 0 Å². The minimum atomic E-state index is -3.28. The standard InChI is InChI=1S/C7H10N6O3S/c1-3(17(2,14)15)4-9-6(16-13-4)5-10-7(8)12-11-5/h3H,1-2H3,(H3,8,10,11,12). The van der Waals surface area contributed by atoms with Gasteiger partial charge in [-0.15, -0.1) is 5.10 Å². The van der Waals surface area contributed by atoms with Gasteiger partial charge in [0.2, 0.25) is 11.8 Å². The van der Waals surface area contributed by atoms with Crippen LogP contribution in [0.1, 0.15) is 18.0 Å². The molecule has 0 fully saturated rings. The lowest BCUT2D eigenvalue weighted by Gasteiger charge is -2.01. The average molecular weight is 258 g/mol. The molecule has 0 radical (unpaired) electrons. The van der Waals surface area contributed by atoms with E-state index in [1.165, 1.54) is 6.92 Å². The van der Waals surface area contributed by atoms with Crippen LogP contribution in [0.5, 0.6) is 0 Å². The summed E-state index contributed by atoms with van der Waals surface area (Å²) >= 11 is 0. The smallest absolute Gasteiger partial charge is 0.295 e. The molecule has 0 saturated carbocycles. The Kier molecular flexibility index (Phi) is 2.58. The molecule has 0 aromatic carbocycles. The van der Waals surface area contributed by atoms with Gasteiger partial charge in [-0.05, 0) is 6.92 Å². The zero-order valence-electron chi connectivity index (χ0n) is 9.08. The fourth-order valence-electron chi connectivity index (χ4n) is 1.06. The number of nitrogen functional groups attached to an aromatic ring is 1. The van der Waals surface area contributed by atoms with Crippen molar-refractivity contribution in [3.63, 3.8) is 0 Å². The maximum Gasteiger partial charge on any atom is 0.295 e. The molecule has 17 heavy (non-hydrogen) atoms. The highest BCUT2D eigenvalue weighted by atomic mass is 32.2. The third-order valence-electron chi connectivity index (χ3n) is 2.15. The topological polar surface area (TPSA) is 141 Å². The molecule has 0 bridgehead atoms. The Morgan fingerprint density at radius 2 is 2.12 bits per heavy atom. The van der Waals surface area contributed by atoms with Crippen molar-refractivity contribution in [1.82, 2.24) is 25.3 Å². The molecule has 2 rings (SSSR count). The molecule has 0 saturated heterocycles. The number of anilines is 1. The van der Waals surface area contributed by atoms with E-state index in [4.69, 9.17) is 10.3 Å². The molecule has 2 heterocycles. The minimum absolute atomic E-state index is 0.0379. The van der Waals surface area contributed by atoms with Crippen molar-refractivity contribution in [2.45, 2.75) is 12.2 Å². The van der Waals surface area contributed by atoms with E-state index in [-0.39, 0.29) is 23.5 Å². The molecular formula is C7H10N6O3S. The van der Waals surface area contributed by atoms with Crippen molar-refractivity contribution < 1.29 is 12.9 Å². The number of hydrogen-bond acceptors (Lipinski definition) is 8. The van der Waals surface area contributed by atoms with E-state index in [2.05, 4.69) is 25.3 Å². The number of aromatic amines is 1. The molecule has 0 spiro atoms. The molecule has 1 unspecified atom stereocenters. The molecule has 9 nitrogen and oxygen atoms in total. The van der Waals surface area contributed by atoms with Crippen LogP contribution in [0.25, 0.3) is 11.7 Å². The zero-order chi connectivity index (χ0) is 12.6. The first-order chi connectivity index (χ1) is 7.88. The normalized spacial score (nSPS) is 13.8. The first kappa shape index (κ1) is 11.5. The van der Waals surface area contributed by atoms with Gasteiger partial charge < -0.3 is 10.3 Å². The monoisotopic (exact) mass is 258 g/mol. The van der Waals surface area contributed by atoms with E-state index in [9.17, 15) is 8.42 Å². The first-order valence-electron chi connectivity index (χ1n) is 4.58. The molecule has 0 aliphatic rings. The molecule has 0 amide bonds. The summed E-state index contributed by atoms with van der Waals surface area (Å²) in [5, 5.41) is 8.80. The highest BCUT2D eigenvalue weighted by Gasteiger charge is 2.24. The van der Waals surface area contributed by atoms with Crippen LogP contribution in [0.4, 0.5) is 5.95 Å². The second-order valence-electron chi connectivity index (χ2n) is 3.47. The Morgan fingerprint density at radius 1 is 1.41 bits per heavy atom.